The molecule has 0 aromatic carbocycles. The largest absolute Gasteiger partial charge is 0.480 e. The van der Waals surface area contributed by atoms with E-state index in [4.69, 9.17) is 9.84 Å². The van der Waals surface area contributed by atoms with Crippen LogP contribution in [0.3, 0.4) is 0 Å². The zero-order valence-corrected chi connectivity index (χ0v) is 10.6. The van der Waals surface area contributed by atoms with Gasteiger partial charge < -0.3 is 9.84 Å². The summed E-state index contributed by atoms with van der Waals surface area (Å²) in [5.74, 6) is -1.26. The third-order valence-corrected chi connectivity index (χ3v) is 3.14. The van der Waals surface area contributed by atoms with Crippen molar-refractivity contribution in [3.8, 4) is 0 Å². The van der Waals surface area contributed by atoms with Gasteiger partial charge in [-0.1, -0.05) is 0 Å². The maximum atomic E-state index is 13.0. The van der Waals surface area contributed by atoms with Crippen LogP contribution in [0.15, 0.2) is 18.5 Å². The Morgan fingerprint density at radius 1 is 1.47 bits per heavy atom. The van der Waals surface area contributed by atoms with Crippen molar-refractivity contribution in [1.82, 2.24) is 9.88 Å². The van der Waals surface area contributed by atoms with Crippen LogP contribution < -0.4 is 0 Å². The molecule has 0 radical (unpaired) electrons. The Kier molecular flexibility index (Phi) is 4.81. The lowest BCUT2D eigenvalue weighted by Gasteiger charge is -2.31. The van der Waals surface area contributed by atoms with Crippen molar-refractivity contribution in [2.45, 2.75) is 25.5 Å². The third kappa shape index (κ3) is 4.57. The monoisotopic (exact) mass is 268 g/mol. The molecule has 0 amide bonds. The van der Waals surface area contributed by atoms with Crippen molar-refractivity contribution in [3.05, 3.63) is 29.8 Å². The second-order valence-electron chi connectivity index (χ2n) is 4.69. The smallest absolute Gasteiger partial charge is 0.329 e. The highest BCUT2D eigenvalue weighted by Crippen LogP contribution is 2.16. The van der Waals surface area contributed by atoms with Crippen LogP contribution in [0.1, 0.15) is 18.4 Å². The predicted molar refractivity (Wildman–Crippen MR) is 66.1 cm³/mol. The molecular weight excluding hydrogens is 251 g/mol. The number of likely N-dealkylation sites (tertiary alicyclic amines) is 1. The molecule has 1 saturated heterocycles. The summed E-state index contributed by atoms with van der Waals surface area (Å²) in [5.41, 5.74) is 0.852. The van der Waals surface area contributed by atoms with Gasteiger partial charge in [0.1, 0.15) is 12.4 Å². The van der Waals surface area contributed by atoms with Gasteiger partial charge in [-0.25, -0.2) is 9.18 Å². The number of rotatable bonds is 5. The van der Waals surface area contributed by atoms with E-state index in [-0.39, 0.29) is 18.5 Å². The molecule has 5 nitrogen and oxygen atoms in total. The molecule has 2 heterocycles. The Bertz CT molecular complexity index is 434. The summed E-state index contributed by atoms with van der Waals surface area (Å²) in [6.07, 6.45) is 4.47. The predicted octanol–water partition coefficient (Wildman–Crippen LogP) is 1.29. The lowest BCUT2D eigenvalue weighted by Crippen LogP contribution is -2.37. The molecule has 1 aliphatic heterocycles. The topological polar surface area (TPSA) is 62.7 Å². The SMILES string of the molecule is O=C(O)COC1CCN(Cc2cncc(F)c2)CC1. The van der Waals surface area contributed by atoms with Crippen molar-refractivity contribution in [2.24, 2.45) is 0 Å². The van der Waals surface area contributed by atoms with Crippen molar-refractivity contribution >= 4 is 5.97 Å². The second-order valence-corrected chi connectivity index (χ2v) is 4.69. The number of carboxylic acid groups (broad SMARTS) is 1. The van der Waals surface area contributed by atoms with Gasteiger partial charge in [-0.15, -0.1) is 0 Å². The Labute approximate surface area is 111 Å². The maximum Gasteiger partial charge on any atom is 0.329 e. The Hall–Kier alpha value is -1.53. The molecule has 1 aliphatic rings. The highest BCUT2D eigenvalue weighted by Gasteiger charge is 2.20. The zero-order chi connectivity index (χ0) is 13.7. The Morgan fingerprint density at radius 2 is 2.21 bits per heavy atom. The minimum absolute atomic E-state index is 0.0120. The molecule has 0 spiro atoms. The normalized spacial score (nSPS) is 17.5. The number of hydrogen-bond acceptors (Lipinski definition) is 4. The minimum atomic E-state index is -0.937. The highest BCUT2D eigenvalue weighted by atomic mass is 19.1. The summed E-state index contributed by atoms with van der Waals surface area (Å²) in [7, 11) is 0. The van der Waals surface area contributed by atoms with E-state index < -0.39 is 5.97 Å². The van der Waals surface area contributed by atoms with Gasteiger partial charge in [0.2, 0.25) is 0 Å². The number of carboxylic acids is 1. The fourth-order valence-corrected chi connectivity index (χ4v) is 2.22. The number of aliphatic carboxylic acids is 1. The molecule has 1 N–H and O–H groups in total. The number of hydrogen-bond donors (Lipinski definition) is 1. The highest BCUT2D eigenvalue weighted by molar-refractivity contribution is 5.68. The van der Waals surface area contributed by atoms with Crippen molar-refractivity contribution < 1.29 is 19.0 Å². The zero-order valence-electron chi connectivity index (χ0n) is 10.6. The average Bonchev–Trinajstić information content (AvgIpc) is 2.38. The summed E-state index contributed by atoms with van der Waals surface area (Å²) in [4.78, 5) is 16.4. The van der Waals surface area contributed by atoms with Crippen LogP contribution in [0.25, 0.3) is 0 Å². The van der Waals surface area contributed by atoms with Crippen LogP contribution >= 0.6 is 0 Å². The Morgan fingerprint density at radius 3 is 2.84 bits per heavy atom. The van der Waals surface area contributed by atoms with Gasteiger partial charge in [-0.3, -0.25) is 9.88 Å². The van der Waals surface area contributed by atoms with Gasteiger partial charge in [0.25, 0.3) is 0 Å². The summed E-state index contributed by atoms with van der Waals surface area (Å²) >= 11 is 0. The third-order valence-electron chi connectivity index (χ3n) is 3.14. The Balaban J connectivity index is 1.75. The van der Waals surface area contributed by atoms with E-state index >= 15 is 0 Å². The molecule has 6 heteroatoms. The van der Waals surface area contributed by atoms with Crippen molar-refractivity contribution in [3.63, 3.8) is 0 Å². The molecule has 0 unspecified atom stereocenters. The number of pyridine rings is 1. The van der Waals surface area contributed by atoms with Crippen LogP contribution in [0.4, 0.5) is 4.39 Å². The van der Waals surface area contributed by atoms with Crippen molar-refractivity contribution in [1.29, 1.82) is 0 Å². The first-order chi connectivity index (χ1) is 9.13. The van der Waals surface area contributed by atoms with E-state index in [0.29, 0.717) is 6.54 Å². The van der Waals surface area contributed by atoms with Gasteiger partial charge in [-0.2, -0.15) is 0 Å². The first-order valence-corrected chi connectivity index (χ1v) is 6.28. The number of carbonyl (C=O) groups is 1. The summed E-state index contributed by atoms with van der Waals surface area (Å²) in [6.45, 7) is 2.07. The van der Waals surface area contributed by atoms with E-state index in [9.17, 15) is 9.18 Å². The van der Waals surface area contributed by atoms with Crippen LogP contribution in [0.5, 0.6) is 0 Å². The molecule has 2 rings (SSSR count). The molecule has 0 bridgehead atoms. The van der Waals surface area contributed by atoms with Gasteiger partial charge in [-0.05, 0) is 24.5 Å². The lowest BCUT2D eigenvalue weighted by molar-refractivity contribution is -0.145. The summed E-state index contributed by atoms with van der Waals surface area (Å²) < 4.78 is 18.3. The first-order valence-electron chi connectivity index (χ1n) is 6.28. The average molecular weight is 268 g/mol. The number of nitrogens with zero attached hydrogens (tertiary/aromatic N) is 2. The molecule has 1 aromatic heterocycles. The van der Waals surface area contributed by atoms with E-state index in [2.05, 4.69) is 9.88 Å². The van der Waals surface area contributed by atoms with Crippen LogP contribution in [0, 0.1) is 5.82 Å². The molecule has 19 heavy (non-hydrogen) atoms. The van der Waals surface area contributed by atoms with E-state index in [1.807, 2.05) is 0 Å². The number of piperidine rings is 1. The maximum absolute atomic E-state index is 13.0. The molecular formula is C13H17FN2O3. The van der Waals surface area contributed by atoms with E-state index in [0.717, 1.165) is 31.5 Å². The van der Waals surface area contributed by atoms with Gasteiger partial charge in [0.15, 0.2) is 0 Å². The quantitative estimate of drug-likeness (QED) is 0.871. The standard InChI is InChI=1S/C13H17FN2O3/c14-11-5-10(6-15-7-11)8-16-3-1-12(2-4-16)19-9-13(17)18/h5-7,12H,1-4,8-9H2,(H,17,18). The summed E-state index contributed by atoms with van der Waals surface area (Å²) in [5, 5.41) is 8.54. The van der Waals surface area contributed by atoms with E-state index in [1.165, 1.54) is 12.3 Å². The fraction of sp³-hybridized carbons (Fsp3) is 0.538. The molecule has 1 fully saturated rings. The molecule has 0 aliphatic carbocycles. The van der Waals surface area contributed by atoms with E-state index in [1.54, 1.807) is 6.20 Å². The van der Waals surface area contributed by atoms with Crippen molar-refractivity contribution in [2.75, 3.05) is 19.7 Å². The van der Waals surface area contributed by atoms with Gasteiger partial charge in [0, 0.05) is 25.8 Å². The van der Waals surface area contributed by atoms with Gasteiger partial charge >= 0.3 is 5.97 Å². The van der Waals surface area contributed by atoms with Crippen LogP contribution in [0.2, 0.25) is 0 Å². The number of ether oxygens (including phenoxy) is 1. The fourth-order valence-electron chi connectivity index (χ4n) is 2.22. The summed E-state index contributed by atoms with van der Waals surface area (Å²) in [6, 6.07) is 1.49. The molecule has 0 saturated carbocycles. The number of halogens is 1. The van der Waals surface area contributed by atoms with Crippen LogP contribution in [-0.2, 0) is 16.1 Å². The lowest BCUT2D eigenvalue weighted by atomic mass is 10.1. The number of aromatic nitrogens is 1. The molecule has 1 aromatic rings. The van der Waals surface area contributed by atoms with Gasteiger partial charge in [0.05, 0.1) is 12.3 Å². The van der Waals surface area contributed by atoms with Crippen LogP contribution in [-0.4, -0.2) is 46.8 Å². The second kappa shape index (κ2) is 6.58. The molecule has 104 valence electrons. The molecule has 0 atom stereocenters. The first kappa shape index (κ1) is 13.9. The minimum Gasteiger partial charge on any atom is -0.480 e.